The van der Waals surface area contributed by atoms with Gasteiger partial charge in [-0.3, -0.25) is 0 Å². The van der Waals surface area contributed by atoms with Crippen LogP contribution < -0.4 is 17.9 Å². The van der Waals surface area contributed by atoms with Crippen molar-refractivity contribution >= 4 is 54.7 Å². The van der Waals surface area contributed by atoms with Gasteiger partial charge in [-0.2, -0.15) is 0 Å². The van der Waals surface area contributed by atoms with Gasteiger partial charge in [-0.15, -0.1) is 0 Å². The molecule has 0 bridgehead atoms. The second-order valence-corrected chi connectivity index (χ2v) is 5.65. The molecule has 0 saturated carbocycles. The van der Waals surface area contributed by atoms with Crippen molar-refractivity contribution in [2.75, 3.05) is 0 Å². The predicted molar refractivity (Wildman–Crippen MR) is 37.7 cm³/mol. The standard InChI is InChI=1S/2Ag.BrClI.BrI/c;;1-3-2;1-2/q;;-1;. The zero-order chi connectivity index (χ0) is 4.71. The van der Waals surface area contributed by atoms with Crippen molar-refractivity contribution in [3.63, 3.8) is 0 Å². The summed E-state index contributed by atoms with van der Waals surface area (Å²) in [6, 6.07) is 0. The largest absolute Gasteiger partial charge is 0 e. The third kappa shape index (κ3) is 38.9. The Labute approximate surface area is 114 Å². The van der Waals surface area contributed by atoms with Gasteiger partial charge >= 0.3 is 39.5 Å². The maximum atomic E-state index is 5.03. The van der Waals surface area contributed by atoms with Crippen molar-refractivity contribution in [2.24, 2.45) is 0 Å². The summed E-state index contributed by atoms with van der Waals surface area (Å²) in [4.78, 5) is 0. The van der Waals surface area contributed by atoms with E-state index in [9.17, 15) is 0 Å². The summed E-state index contributed by atoms with van der Waals surface area (Å²) in [6.07, 6.45) is 0. The molecular formula is Ag2Br2ClI2-. The zero-order valence-electron chi connectivity index (χ0n) is 2.49. The van der Waals surface area contributed by atoms with E-state index in [0.717, 1.165) is 0 Å². The molecule has 7 heavy (non-hydrogen) atoms. The Kier molecular flexibility index (Phi) is 103. The Balaban J connectivity index is -0.0000000105. The molecule has 0 aromatic carbocycles. The fourth-order valence-corrected chi connectivity index (χ4v) is 0. The maximum absolute atomic E-state index is 5.03. The van der Waals surface area contributed by atoms with Crippen LogP contribution in [0.2, 0.25) is 0 Å². The third-order valence-corrected chi connectivity index (χ3v) is 0. The van der Waals surface area contributed by atoms with E-state index in [1.807, 2.05) is 20.4 Å². The van der Waals surface area contributed by atoms with Crippen LogP contribution in [-0.2, 0) is 44.8 Å². The van der Waals surface area contributed by atoms with E-state index in [-0.39, 0.29) is 62.6 Å². The molecule has 58 valence electrons. The van der Waals surface area contributed by atoms with Crippen LogP contribution in [0.4, 0.5) is 0 Å². The maximum Gasteiger partial charge on any atom is 0 e. The number of hydrogen-bond donors (Lipinski definition) is 0. The minimum atomic E-state index is -0.125. The van der Waals surface area contributed by atoms with E-state index in [0.29, 0.717) is 0 Å². The van der Waals surface area contributed by atoms with Crippen LogP contribution in [0, 0.1) is 0 Å². The number of rotatable bonds is 0. The zero-order valence-corrected chi connectivity index (χ0v) is 13.7. The molecule has 0 aliphatic rings. The fraction of sp³-hybridized carbons (Fsp3) is 0. The molecule has 2 radical (unpaired) electrons. The first kappa shape index (κ1) is 22.5. The van der Waals surface area contributed by atoms with Crippen molar-refractivity contribution < 1.29 is 62.6 Å². The van der Waals surface area contributed by atoms with Crippen molar-refractivity contribution in [3.05, 3.63) is 0 Å². The van der Waals surface area contributed by atoms with E-state index in [1.54, 1.807) is 0 Å². The smallest absolute Gasteiger partial charge is 0 e. The van der Waals surface area contributed by atoms with Gasteiger partial charge in [0, 0.05) is 65.1 Å². The Morgan fingerprint density at radius 3 is 1.29 bits per heavy atom. The van der Waals surface area contributed by atoms with Crippen LogP contribution in [0.3, 0.4) is 0 Å². The summed E-state index contributed by atoms with van der Waals surface area (Å²) >= 11 is 7.77. The third-order valence-electron chi connectivity index (χ3n) is 0. The molecule has 0 aliphatic carbocycles. The van der Waals surface area contributed by atoms with Gasteiger partial charge in [-0.05, 0) is 12.7 Å². The second kappa shape index (κ2) is 31.9. The van der Waals surface area contributed by atoms with Gasteiger partial charge in [-0.25, -0.2) is 0 Å². The summed E-state index contributed by atoms with van der Waals surface area (Å²) in [5, 5.41) is 0. The summed E-state index contributed by atoms with van der Waals surface area (Å²) in [6.45, 7) is 0. The Hall–Kier alpha value is 4.19. The molecule has 0 spiro atoms. The molecule has 0 aliphatic heterocycles. The minimum absolute atomic E-state index is 0. The molecule has 0 heterocycles. The molecule has 0 N–H and O–H groups in total. The summed E-state index contributed by atoms with van der Waals surface area (Å²) < 4.78 is 0. The van der Waals surface area contributed by atoms with Crippen LogP contribution in [0.15, 0.2) is 0 Å². The topological polar surface area (TPSA) is 0 Å². The minimum Gasteiger partial charge on any atom is 0 e. The molecule has 0 unspecified atom stereocenters. The molecule has 0 fully saturated rings. The van der Waals surface area contributed by atoms with Crippen molar-refractivity contribution in [1.29, 1.82) is 0 Å². The normalized spacial score (nSPS) is 4.00. The van der Waals surface area contributed by atoms with Crippen LogP contribution >= 0.6 is 54.7 Å². The van der Waals surface area contributed by atoms with E-state index in [2.05, 4.69) is 25.4 Å². The molecule has 0 atom stereocenters. The van der Waals surface area contributed by atoms with Gasteiger partial charge in [-0.1, -0.05) is 0 Å². The van der Waals surface area contributed by atoms with E-state index in [4.69, 9.17) is 8.91 Å². The summed E-state index contributed by atoms with van der Waals surface area (Å²) in [5.74, 6) is 0. The fourth-order valence-electron chi connectivity index (χ4n) is 0. The van der Waals surface area contributed by atoms with Gasteiger partial charge in [0.25, 0.3) is 0 Å². The van der Waals surface area contributed by atoms with E-state index < -0.39 is 0 Å². The predicted octanol–water partition coefficient (Wildman–Crippen LogP) is 0.265. The van der Waals surface area contributed by atoms with Crippen LogP contribution in [0.5, 0.6) is 0 Å². The SMILES string of the molecule is BrI.Cl[I-]Br.[Ag].[Ag]. The first-order valence-corrected chi connectivity index (χ1v) is 12.8. The number of halogens is 5. The Morgan fingerprint density at radius 1 is 1.29 bits per heavy atom. The average molecular weight is 665 g/mol. The second-order valence-electron chi connectivity index (χ2n) is 0.0540. The quantitative estimate of drug-likeness (QED) is 0.258. The van der Waals surface area contributed by atoms with Crippen molar-refractivity contribution in [1.82, 2.24) is 0 Å². The molecule has 0 rings (SSSR count). The van der Waals surface area contributed by atoms with Gasteiger partial charge in [0.2, 0.25) is 0 Å². The van der Waals surface area contributed by atoms with Gasteiger partial charge in [0.1, 0.15) is 0 Å². The molecule has 0 aromatic heterocycles. The van der Waals surface area contributed by atoms with Crippen molar-refractivity contribution in [3.8, 4) is 0 Å². The van der Waals surface area contributed by atoms with Gasteiger partial charge in [0.15, 0.2) is 0 Å². The molecule has 0 amide bonds. The molecule has 0 nitrogen and oxygen atoms in total. The number of hydrogen-bond acceptors (Lipinski definition) is 0. The molecule has 0 aromatic rings. The summed E-state index contributed by atoms with van der Waals surface area (Å²) in [7, 11) is 5.03. The van der Waals surface area contributed by atoms with Crippen LogP contribution in [0.1, 0.15) is 0 Å². The Morgan fingerprint density at radius 2 is 1.29 bits per heavy atom. The molecule has 0 saturated heterocycles. The first-order chi connectivity index (χ1) is 2.41. The molecular weight excluding hydrogens is 665 g/mol. The first-order valence-electron chi connectivity index (χ1n) is 0.429. The molecule has 7 heteroatoms. The van der Waals surface area contributed by atoms with Crippen LogP contribution in [0.25, 0.3) is 0 Å². The van der Waals surface area contributed by atoms with E-state index in [1.165, 1.54) is 0 Å². The van der Waals surface area contributed by atoms with Gasteiger partial charge in [0.05, 0.1) is 0 Å². The van der Waals surface area contributed by atoms with E-state index >= 15 is 0 Å². The monoisotopic (exact) mass is 660 g/mol. The Bertz CT molecular complexity index is 13.7. The van der Waals surface area contributed by atoms with Crippen LogP contribution in [-0.4, -0.2) is 0 Å². The van der Waals surface area contributed by atoms with Gasteiger partial charge < -0.3 is 0 Å². The average Bonchev–Trinajstić information content (AvgIpc) is 1.46. The summed E-state index contributed by atoms with van der Waals surface area (Å²) in [5.41, 5.74) is 0. The van der Waals surface area contributed by atoms with Crippen molar-refractivity contribution in [2.45, 2.75) is 0 Å².